The molecule has 1 aromatic heterocycles. The molecule has 2 rings (SSSR count). The van der Waals surface area contributed by atoms with Crippen LogP contribution < -0.4 is 10.2 Å². The van der Waals surface area contributed by atoms with Crippen LogP contribution >= 0.6 is 0 Å². The summed E-state index contributed by atoms with van der Waals surface area (Å²) in [5, 5.41) is 3.14. The summed E-state index contributed by atoms with van der Waals surface area (Å²) in [5.41, 5.74) is 1.14. The van der Waals surface area contributed by atoms with Crippen LogP contribution in [-0.4, -0.2) is 30.1 Å². The molecule has 0 spiro atoms. The van der Waals surface area contributed by atoms with Crippen LogP contribution in [0.5, 0.6) is 0 Å². The summed E-state index contributed by atoms with van der Waals surface area (Å²) in [7, 11) is 1.92. The third-order valence-electron chi connectivity index (χ3n) is 3.28. The predicted molar refractivity (Wildman–Crippen MR) is 76.2 cm³/mol. The molecule has 0 atom stereocenters. The van der Waals surface area contributed by atoms with Crippen molar-refractivity contribution in [2.24, 2.45) is 5.92 Å². The van der Waals surface area contributed by atoms with E-state index in [2.05, 4.69) is 35.1 Å². The van der Waals surface area contributed by atoms with Crippen LogP contribution in [0.25, 0.3) is 0 Å². The molecule has 0 aliphatic carbocycles. The average molecular weight is 248 g/mol. The van der Waals surface area contributed by atoms with Crippen molar-refractivity contribution >= 4 is 11.8 Å². The zero-order valence-corrected chi connectivity index (χ0v) is 11.7. The van der Waals surface area contributed by atoms with Gasteiger partial charge in [0.2, 0.25) is 5.95 Å². The zero-order chi connectivity index (χ0) is 13.0. The second kappa shape index (κ2) is 6.03. The molecule has 1 aromatic rings. The Morgan fingerprint density at radius 1 is 1.22 bits per heavy atom. The highest BCUT2D eigenvalue weighted by Crippen LogP contribution is 2.19. The first-order valence-corrected chi connectivity index (χ1v) is 6.99. The van der Waals surface area contributed by atoms with Crippen molar-refractivity contribution in [3.63, 3.8) is 0 Å². The molecule has 0 saturated carbocycles. The van der Waals surface area contributed by atoms with Crippen molar-refractivity contribution in [2.75, 3.05) is 30.4 Å². The maximum absolute atomic E-state index is 4.72. The third kappa shape index (κ3) is 3.34. The molecule has 0 aromatic carbocycles. The normalized spacial score (nSPS) is 16.1. The molecular formula is C14H24N4. The molecule has 4 heteroatoms. The van der Waals surface area contributed by atoms with Gasteiger partial charge in [-0.15, -0.1) is 0 Å². The highest BCUT2D eigenvalue weighted by atomic mass is 15.3. The molecule has 1 N–H and O–H groups in total. The van der Waals surface area contributed by atoms with Crippen LogP contribution in [0, 0.1) is 5.92 Å². The lowest BCUT2D eigenvalue weighted by atomic mass is 10.1. The van der Waals surface area contributed by atoms with Crippen LogP contribution in [0.2, 0.25) is 0 Å². The fraction of sp³-hybridized carbons (Fsp3) is 0.714. The molecule has 1 saturated heterocycles. The number of anilines is 2. The van der Waals surface area contributed by atoms with Gasteiger partial charge in [-0.05, 0) is 31.6 Å². The van der Waals surface area contributed by atoms with E-state index in [1.54, 1.807) is 0 Å². The van der Waals surface area contributed by atoms with Crippen molar-refractivity contribution in [1.82, 2.24) is 9.97 Å². The minimum absolute atomic E-state index is 0.624. The fourth-order valence-electron chi connectivity index (χ4n) is 2.37. The molecular weight excluding hydrogens is 224 g/mol. The number of piperidine rings is 1. The van der Waals surface area contributed by atoms with Gasteiger partial charge in [0.05, 0.1) is 0 Å². The Balaban J connectivity index is 2.22. The largest absolute Gasteiger partial charge is 0.373 e. The zero-order valence-electron chi connectivity index (χ0n) is 11.7. The SMILES string of the molecule is CNc1cc(CC(C)C)nc(N2CCCCC2)n1. The number of hydrogen-bond acceptors (Lipinski definition) is 4. The van der Waals surface area contributed by atoms with Crippen molar-refractivity contribution in [2.45, 2.75) is 39.5 Å². The fourth-order valence-corrected chi connectivity index (χ4v) is 2.37. The maximum atomic E-state index is 4.72. The number of hydrogen-bond donors (Lipinski definition) is 1. The van der Waals surface area contributed by atoms with Crippen LogP contribution in [0.1, 0.15) is 38.8 Å². The molecule has 0 unspecified atom stereocenters. The summed E-state index contributed by atoms with van der Waals surface area (Å²) in [6, 6.07) is 2.06. The molecule has 0 radical (unpaired) electrons. The van der Waals surface area contributed by atoms with E-state index in [4.69, 9.17) is 4.98 Å². The van der Waals surface area contributed by atoms with Gasteiger partial charge < -0.3 is 10.2 Å². The average Bonchev–Trinajstić information content (AvgIpc) is 2.38. The molecule has 1 aliphatic heterocycles. The second-order valence-electron chi connectivity index (χ2n) is 5.44. The standard InChI is InChI=1S/C14H24N4/c1-11(2)9-12-10-13(15-3)17-14(16-12)18-7-5-4-6-8-18/h10-11H,4-9H2,1-3H3,(H,15,16,17). The molecule has 2 heterocycles. The van der Waals surface area contributed by atoms with Crippen LogP contribution in [0.4, 0.5) is 11.8 Å². The topological polar surface area (TPSA) is 41.1 Å². The molecule has 0 bridgehead atoms. The van der Waals surface area contributed by atoms with Gasteiger partial charge in [0.15, 0.2) is 0 Å². The van der Waals surface area contributed by atoms with Crippen molar-refractivity contribution in [3.05, 3.63) is 11.8 Å². The third-order valence-corrected chi connectivity index (χ3v) is 3.28. The van der Waals surface area contributed by atoms with E-state index in [0.717, 1.165) is 37.0 Å². The molecule has 1 aliphatic rings. The lowest BCUT2D eigenvalue weighted by Crippen LogP contribution is -2.31. The number of rotatable bonds is 4. The predicted octanol–water partition coefficient (Wildman–Crippen LogP) is 2.71. The highest BCUT2D eigenvalue weighted by molar-refractivity contribution is 5.43. The Bertz CT molecular complexity index is 383. The van der Waals surface area contributed by atoms with Gasteiger partial charge in [-0.2, -0.15) is 4.98 Å². The summed E-state index contributed by atoms with van der Waals surface area (Å²) in [6.07, 6.45) is 4.86. The molecule has 4 nitrogen and oxygen atoms in total. The Labute approximate surface area is 110 Å². The van der Waals surface area contributed by atoms with Gasteiger partial charge in [0.25, 0.3) is 0 Å². The first kappa shape index (κ1) is 13.1. The monoisotopic (exact) mass is 248 g/mol. The first-order chi connectivity index (χ1) is 8.69. The van der Waals surface area contributed by atoms with Crippen molar-refractivity contribution in [3.8, 4) is 0 Å². The Kier molecular flexibility index (Phi) is 4.39. The Morgan fingerprint density at radius 2 is 1.94 bits per heavy atom. The van der Waals surface area contributed by atoms with Gasteiger partial charge in [-0.25, -0.2) is 4.98 Å². The minimum atomic E-state index is 0.624. The molecule has 18 heavy (non-hydrogen) atoms. The van der Waals surface area contributed by atoms with Gasteiger partial charge in [-0.1, -0.05) is 13.8 Å². The second-order valence-corrected chi connectivity index (χ2v) is 5.44. The van der Waals surface area contributed by atoms with Crippen LogP contribution in [-0.2, 0) is 6.42 Å². The van der Waals surface area contributed by atoms with Crippen molar-refractivity contribution < 1.29 is 0 Å². The first-order valence-electron chi connectivity index (χ1n) is 6.99. The molecule has 100 valence electrons. The van der Waals surface area contributed by atoms with Crippen molar-refractivity contribution in [1.29, 1.82) is 0 Å². The molecule has 0 amide bonds. The quantitative estimate of drug-likeness (QED) is 0.889. The van der Waals surface area contributed by atoms with Gasteiger partial charge in [0.1, 0.15) is 5.82 Å². The van der Waals surface area contributed by atoms with E-state index in [-0.39, 0.29) is 0 Å². The van der Waals surface area contributed by atoms with Gasteiger partial charge in [-0.3, -0.25) is 0 Å². The smallest absolute Gasteiger partial charge is 0.227 e. The highest BCUT2D eigenvalue weighted by Gasteiger charge is 2.15. The molecule has 1 fully saturated rings. The number of nitrogens with zero attached hydrogens (tertiary/aromatic N) is 3. The Hall–Kier alpha value is -1.32. The van der Waals surface area contributed by atoms with E-state index in [9.17, 15) is 0 Å². The summed E-state index contributed by atoms with van der Waals surface area (Å²) in [5.74, 6) is 2.46. The number of aromatic nitrogens is 2. The lowest BCUT2D eigenvalue weighted by molar-refractivity contribution is 0.565. The van der Waals surface area contributed by atoms with E-state index >= 15 is 0 Å². The summed E-state index contributed by atoms with van der Waals surface area (Å²) in [6.45, 7) is 6.63. The van der Waals surface area contributed by atoms with Gasteiger partial charge in [0, 0.05) is 31.9 Å². The summed E-state index contributed by atoms with van der Waals surface area (Å²) in [4.78, 5) is 11.6. The van der Waals surface area contributed by atoms with E-state index < -0.39 is 0 Å². The van der Waals surface area contributed by atoms with Gasteiger partial charge >= 0.3 is 0 Å². The van der Waals surface area contributed by atoms with E-state index in [1.165, 1.54) is 19.3 Å². The van der Waals surface area contributed by atoms with Crippen LogP contribution in [0.15, 0.2) is 6.07 Å². The summed E-state index contributed by atoms with van der Waals surface area (Å²) < 4.78 is 0. The lowest BCUT2D eigenvalue weighted by Gasteiger charge is -2.27. The minimum Gasteiger partial charge on any atom is -0.373 e. The number of nitrogens with one attached hydrogen (secondary N) is 1. The van der Waals surface area contributed by atoms with E-state index in [0.29, 0.717) is 5.92 Å². The Morgan fingerprint density at radius 3 is 2.56 bits per heavy atom. The van der Waals surface area contributed by atoms with E-state index in [1.807, 2.05) is 7.05 Å². The maximum Gasteiger partial charge on any atom is 0.227 e. The van der Waals surface area contributed by atoms with Crippen LogP contribution in [0.3, 0.4) is 0 Å². The summed E-state index contributed by atoms with van der Waals surface area (Å²) >= 11 is 0.